The average Bonchev–Trinajstić information content (AvgIpc) is 3.44. The van der Waals surface area contributed by atoms with Gasteiger partial charge < -0.3 is 11.1 Å². The largest absolute Gasteiger partial charge is 0.383 e. The summed E-state index contributed by atoms with van der Waals surface area (Å²) >= 11 is 0. The second-order valence-electron chi connectivity index (χ2n) is 7.91. The summed E-state index contributed by atoms with van der Waals surface area (Å²) in [6.07, 6.45) is 9.08. The van der Waals surface area contributed by atoms with Gasteiger partial charge >= 0.3 is 0 Å². The Kier molecular flexibility index (Phi) is 4.66. The number of nitrogens with two attached hydrogens (primary N) is 1. The van der Waals surface area contributed by atoms with Crippen LogP contribution < -0.4 is 11.1 Å². The molecule has 6 nitrogen and oxygen atoms in total. The zero-order valence-corrected chi connectivity index (χ0v) is 16.6. The number of nitrogens with zero attached hydrogens (tertiary/aromatic N) is 4. The third-order valence-electron chi connectivity index (χ3n) is 6.03. The molecule has 2 bridgehead atoms. The molecule has 5 rings (SSSR count). The molecule has 3 N–H and O–H groups in total. The Morgan fingerprint density at radius 3 is 2.76 bits per heavy atom. The van der Waals surface area contributed by atoms with Crippen LogP contribution in [0.2, 0.25) is 0 Å². The van der Waals surface area contributed by atoms with Crippen molar-refractivity contribution < 1.29 is 0 Å². The molecule has 2 atom stereocenters. The van der Waals surface area contributed by atoms with Crippen LogP contribution >= 0.6 is 0 Å². The molecule has 0 saturated carbocycles. The number of aromatic nitrogens is 3. The van der Waals surface area contributed by atoms with Gasteiger partial charge in [-0.2, -0.15) is 0 Å². The molecule has 148 valence electrons. The Bertz CT molecular complexity index is 1040. The quantitative estimate of drug-likeness (QED) is 0.705. The molecule has 0 amide bonds. The van der Waals surface area contributed by atoms with Gasteiger partial charge in [0.15, 0.2) is 0 Å². The van der Waals surface area contributed by atoms with Crippen molar-refractivity contribution >= 4 is 11.9 Å². The SMILES string of the molecule is Cc1ccccc1-c1nc(/C=C\CN2C[C@H]3C[C@@H]2CN3)c(N)n1-c1ccncc1. The lowest BCUT2D eigenvalue weighted by molar-refractivity contribution is 0.250. The van der Waals surface area contributed by atoms with Gasteiger partial charge in [-0.15, -0.1) is 0 Å². The number of pyridine rings is 1. The van der Waals surface area contributed by atoms with E-state index in [0.29, 0.717) is 17.9 Å². The highest BCUT2D eigenvalue weighted by Gasteiger charge is 2.36. The average molecular weight is 387 g/mol. The number of nitrogens with one attached hydrogen (secondary N) is 1. The zero-order chi connectivity index (χ0) is 19.8. The summed E-state index contributed by atoms with van der Waals surface area (Å²) in [6, 6.07) is 13.5. The maximum Gasteiger partial charge on any atom is 0.147 e. The predicted octanol–water partition coefficient (Wildman–Crippen LogP) is 2.88. The van der Waals surface area contributed by atoms with Crippen molar-refractivity contribution in [2.75, 3.05) is 25.4 Å². The van der Waals surface area contributed by atoms with E-state index in [1.54, 1.807) is 12.4 Å². The standard InChI is InChI=1S/C23H26N6/c1-16-5-2-3-6-20(16)23-27-21(22(24)29(23)18-8-10-25-11-9-18)7-4-12-28-15-17-13-19(28)14-26-17/h2-11,17,19,26H,12-15,24H2,1H3/b7-4-/t17-,19-/m1/s1. The molecule has 6 heteroatoms. The van der Waals surface area contributed by atoms with Crippen molar-refractivity contribution in [2.24, 2.45) is 0 Å². The van der Waals surface area contributed by atoms with E-state index in [0.717, 1.165) is 42.4 Å². The van der Waals surface area contributed by atoms with Crippen LogP contribution in [0, 0.1) is 6.92 Å². The number of imidazole rings is 1. The molecule has 2 aliphatic heterocycles. The Morgan fingerprint density at radius 1 is 1.21 bits per heavy atom. The van der Waals surface area contributed by atoms with E-state index >= 15 is 0 Å². The fourth-order valence-corrected chi connectivity index (χ4v) is 4.50. The van der Waals surface area contributed by atoms with Gasteiger partial charge in [-0.25, -0.2) is 4.98 Å². The summed E-state index contributed by atoms with van der Waals surface area (Å²) in [5.74, 6) is 1.51. The highest BCUT2D eigenvalue weighted by Crippen LogP contribution is 2.31. The minimum atomic E-state index is 0.648. The van der Waals surface area contributed by atoms with Crippen molar-refractivity contribution in [3.8, 4) is 17.1 Å². The molecular formula is C23H26N6. The highest BCUT2D eigenvalue weighted by atomic mass is 15.3. The van der Waals surface area contributed by atoms with Crippen molar-refractivity contribution in [1.82, 2.24) is 24.8 Å². The fraction of sp³-hybridized carbons (Fsp3) is 0.304. The second kappa shape index (κ2) is 7.46. The van der Waals surface area contributed by atoms with Crippen molar-refractivity contribution in [2.45, 2.75) is 25.4 Å². The van der Waals surface area contributed by atoms with Gasteiger partial charge in [0.2, 0.25) is 0 Å². The molecule has 4 heterocycles. The van der Waals surface area contributed by atoms with E-state index in [1.807, 2.05) is 28.8 Å². The summed E-state index contributed by atoms with van der Waals surface area (Å²) in [4.78, 5) is 11.6. The van der Waals surface area contributed by atoms with E-state index in [4.69, 9.17) is 10.7 Å². The van der Waals surface area contributed by atoms with Gasteiger partial charge in [0.05, 0.1) is 5.69 Å². The molecule has 0 radical (unpaired) electrons. The number of nitrogen functional groups attached to an aromatic ring is 1. The topological polar surface area (TPSA) is 72.0 Å². The molecule has 2 fully saturated rings. The minimum absolute atomic E-state index is 0.648. The summed E-state index contributed by atoms with van der Waals surface area (Å²) in [7, 11) is 0. The lowest BCUT2D eigenvalue weighted by Crippen LogP contribution is -2.43. The number of fused-ring (bicyclic) bond motifs is 2. The van der Waals surface area contributed by atoms with E-state index in [9.17, 15) is 0 Å². The smallest absolute Gasteiger partial charge is 0.147 e. The number of rotatable bonds is 5. The number of piperazine rings is 1. The van der Waals surface area contributed by atoms with Gasteiger partial charge in [0.25, 0.3) is 0 Å². The Hall–Kier alpha value is -2.96. The predicted molar refractivity (Wildman–Crippen MR) is 117 cm³/mol. The Labute approximate surface area is 171 Å². The molecule has 29 heavy (non-hydrogen) atoms. The van der Waals surface area contributed by atoms with Crippen LogP contribution in [0.1, 0.15) is 17.7 Å². The molecular weight excluding hydrogens is 360 g/mol. The first-order valence-electron chi connectivity index (χ1n) is 10.2. The van der Waals surface area contributed by atoms with Crippen LogP contribution in [0.25, 0.3) is 23.2 Å². The van der Waals surface area contributed by atoms with Crippen molar-refractivity contribution in [3.63, 3.8) is 0 Å². The number of likely N-dealkylation sites (tertiary alicyclic amines) is 1. The van der Waals surface area contributed by atoms with E-state index < -0.39 is 0 Å². The summed E-state index contributed by atoms with van der Waals surface area (Å²) in [5, 5.41) is 3.55. The van der Waals surface area contributed by atoms with Gasteiger partial charge in [-0.1, -0.05) is 30.3 Å². The Morgan fingerprint density at radius 2 is 2.03 bits per heavy atom. The Balaban J connectivity index is 1.50. The maximum atomic E-state index is 6.58. The lowest BCUT2D eigenvalue weighted by Gasteiger charge is -2.25. The number of hydrogen-bond acceptors (Lipinski definition) is 5. The monoisotopic (exact) mass is 386 g/mol. The van der Waals surface area contributed by atoms with Crippen LogP contribution in [0.3, 0.4) is 0 Å². The van der Waals surface area contributed by atoms with Crippen LogP contribution in [0.5, 0.6) is 0 Å². The number of benzene rings is 1. The first kappa shape index (κ1) is 18.1. The lowest BCUT2D eigenvalue weighted by atomic mass is 10.1. The summed E-state index contributed by atoms with van der Waals surface area (Å²) in [6.45, 7) is 5.27. The molecule has 3 aromatic rings. The van der Waals surface area contributed by atoms with Gasteiger partial charge in [-0.05, 0) is 37.1 Å². The molecule has 2 aliphatic rings. The third kappa shape index (κ3) is 3.34. The van der Waals surface area contributed by atoms with Crippen molar-refractivity contribution in [3.05, 3.63) is 66.1 Å². The maximum absolute atomic E-state index is 6.58. The minimum Gasteiger partial charge on any atom is -0.383 e. The van der Waals surface area contributed by atoms with Gasteiger partial charge in [0.1, 0.15) is 17.3 Å². The normalized spacial score (nSPS) is 21.4. The fourth-order valence-electron chi connectivity index (χ4n) is 4.50. The molecule has 2 aromatic heterocycles. The first-order chi connectivity index (χ1) is 14.2. The number of aryl methyl sites for hydroxylation is 1. The molecule has 0 unspecified atom stereocenters. The van der Waals surface area contributed by atoms with Crippen LogP contribution in [-0.4, -0.2) is 51.2 Å². The molecule has 1 aromatic carbocycles. The first-order valence-corrected chi connectivity index (χ1v) is 10.2. The van der Waals surface area contributed by atoms with Gasteiger partial charge in [-0.3, -0.25) is 14.5 Å². The van der Waals surface area contributed by atoms with Crippen LogP contribution in [0.15, 0.2) is 54.9 Å². The van der Waals surface area contributed by atoms with Crippen LogP contribution in [-0.2, 0) is 0 Å². The van der Waals surface area contributed by atoms with Crippen LogP contribution in [0.4, 0.5) is 5.82 Å². The molecule has 2 saturated heterocycles. The molecule has 0 spiro atoms. The van der Waals surface area contributed by atoms with E-state index in [-0.39, 0.29) is 0 Å². The van der Waals surface area contributed by atoms with E-state index in [2.05, 4.69) is 46.4 Å². The zero-order valence-electron chi connectivity index (χ0n) is 16.6. The summed E-state index contributed by atoms with van der Waals surface area (Å²) < 4.78 is 2.02. The van der Waals surface area contributed by atoms with E-state index in [1.165, 1.54) is 12.0 Å². The third-order valence-corrected chi connectivity index (χ3v) is 6.03. The second-order valence-corrected chi connectivity index (χ2v) is 7.91. The van der Waals surface area contributed by atoms with Crippen molar-refractivity contribution in [1.29, 1.82) is 0 Å². The summed E-state index contributed by atoms with van der Waals surface area (Å²) in [5.41, 5.74) is 10.6. The highest BCUT2D eigenvalue weighted by molar-refractivity contribution is 5.72. The molecule has 0 aliphatic carbocycles. The number of hydrogen-bond donors (Lipinski definition) is 2. The van der Waals surface area contributed by atoms with Gasteiger partial charge in [0, 0.05) is 49.7 Å². The number of anilines is 1.